The predicted molar refractivity (Wildman–Crippen MR) is 128 cm³/mol. The number of amides is 3. The topological polar surface area (TPSA) is 133 Å². The Bertz CT molecular complexity index is 1060. The van der Waals surface area contributed by atoms with Crippen LogP contribution in [0.15, 0.2) is 10.2 Å². The van der Waals surface area contributed by atoms with E-state index in [0.717, 1.165) is 24.4 Å². The SMILES string of the molecule is CC(C)(C)c1nsc(N=NC2C(=O)N(CCCl)S(=O)(=O)N(CCCl)C2=O)c1C(=O)N1CCCC1. The highest BCUT2D eigenvalue weighted by Crippen LogP contribution is 2.37. The Morgan fingerprint density at radius 2 is 1.62 bits per heavy atom. The van der Waals surface area contributed by atoms with E-state index in [1.807, 2.05) is 20.8 Å². The number of alkyl halides is 2. The Morgan fingerprint density at radius 1 is 1.09 bits per heavy atom. The molecule has 11 nitrogen and oxygen atoms in total. The Morgan fingerprint density at radius 3 is 2.09 bits per heavy atom. The van der Waals surface area contributed by atoms with E-state index in [-0.39, 0.29) is 41.3 Å². The van der Waals surface area contributed by atoms with Crippen molar-refractivity contribution in [1.29, 1.82) is 0 Å². The molecule has 2 aliphatic heterocycles. The fourth-order valence-electron chi connectivity index (χ4n) is 3.67. The molecule has 0 spiro atoms. The smallest absolute Gasteiger partial charge is 0.331 e. The molecular weight excluding hydrogens is 527 g/mol. The molecule has 3 rings (SSSR count). The van der Waals surface area contributed by atoms with Crippen molar-refractivity contribution in [3.63, 3.8) is 0 Å². The van der Waals surface area contributed by atoms with Gasteiger partial charge in [0, 0.05) is 30.3 Å². The maximum Gasteiger partial charge on any atom is 0.331 e. The van der Waals surface area contributed by atoms with Gasteiger partial charge in [-0.05, 0) is 24.4 Å². The van der Waals surface area contributed by atoms with Crippen LogP contribution >= 0.6 is 34.7 Å². The second-order valence-corrected chi connectivity index (χ2v) is 12.1. The zero-order valence-corrected chi connectivity index (χ0v) is 22.2. The zero-order chi connectivity index (χ0) is 25.3. The maximum atomic E-state index is 13.3. The van der Waals surface area contributed by atoms with Gasteiger partial charge in [0.05, 0.1) is 18.8 Å². The number of carbonyl (C=O) groups is 3. The van der Waals surface area contributed by atoms with Gasteiger partial charge < -0.3 is 4.90 Å². The number of rotatable bonds is 7. The first-order valence-electron chi connectivity index (χ1n) is 10.7. The summed E-state index contributed by atoms with van der Waals surface area (Å²) < 4.78 is 30.8. The summed E-state index contributed by atoms with van der Waals surface area (Å²) in [6.45, 7) is 6.30. The normalized spacial score (nSPS) is 19.6. The molecule has 3 amide bonds. The number of halogens is 2. The summed E-state index contributed by atoms with van der Waals surface area (Å²) >= 11 is 12.3. The van der Waals surface area contributed by atoms with Gasteiger partial charge in [0.25, 0.3) is 17.7 Å². The van der Waals surface area contributed by atoms with Gasteiger partial charge in [0.2, 0.25) is 6.04 Å². The molecule has 34 heavy (non-hydrogen) atoms. The standard InChI is InChI=1S/C19H26Cl2N6O5S2/c1-19(2,3)14-12(16(28)25-8-4-5-9-25)15(33-24-14)23-22-13-17(29)26(10-6-20)34(31,32)27(11-7-21)18(13)30/h13H,4-11H2,1-3H3. The lowest BCUT2D eigenvalue weighted by Gasteiger charge is -2.35. The molecule has 1 aromatic rings. The van der Waals surface area contributed by atoms with Crippen molar-refractivity contribution >= 4 is 67.7 Å². The Balaban J connectivity index is 2.02. The molecule has 1 aromatic heterocycles. The molecule has 3 heterocycles. The zero-order valence-electron chi connectivity index (χ0n) is 19.0. The number of azo groups is 1. The number of carbonyl (C=O) groups excluding carboxylic acids is 3. The summed E-state index contributed by atoms with van der Waals surface area (Å²) in [6.07, 6.45) is 1.80. The van der Waals surface area contributed by atoms with Crippen molar-refractivity contribution in [2.45, 2.75) is 45.1 Å². The average molecular weight is 553 g/mol. The van der Waals surface area contributed by atoms with Crippen LogP contribution in [0.3, 0.4) is 0 Å². The number of likely N-dealkylation sites (tertiary alicyclic amines) is 1. The fourth-order valence-corrected chi connectivity index (χ4v) is 6.65. The minimum Gasteiger partial charge on any atom is -0.338 e. The summed E-state index contributed by atoms with van der Waals surface area (Å²) in [5, 5.41) is 8.13. The quantitative estimate of drug-likeness (QED) is 0.290. The number of hydrogen-bond donors (Lipinski definition) is 0. The van der Waals surface area contributed by atoms with E-state index >= 15 is 0 Å². The minimum atomic E-state index is -4.42. The van der Waals surface area contributed by atoms with Crippen LogP contribution < -0.4 is 0 Å². The lowest BCUT2D eigenvalue weighted by atomic mass is 9.89. The largest absolute Gasteiger partial charge is 0.338 e. The van der Waals surface area contributed by atoms with Crippen molar-refractivity contribution in [1.82, 2.24) is 17.9 Å². The van der Waals surface area contributed by atoms with Crippen molar-refractivity contribution < 1.29 is 22.8 Å². The highest BCUT2D eigenvalue weighted by molar-refractivity contribution is 7.88. The third kappa shape index (κ3) is 5.07. The first kappa shape index (κ1) is 26.8. The molecule has 2 fully saturated rings. The fraction of sp³-hybridized carbons (Fsp3) is 0.684. The first-order valence-corrected chi connectivity index (χ1v) is 13.9. The van der Waals surface area contributed by atoms with Crippen LogP contribution in [0.5, 0.6) is 0 Å². The molecule has 0 aromatic carbocycles. The molecule has 0 bridgehead atoms. The van der Waals surface area contributed by atoms with Crippen LogP contribution in [0.1, 0.15) is 49.7 Å². The van der Waals surface area contributed by atoms with Crippen LogP contribution in [0.25, 0.3) is 0 Å². The lowest BCUT2D eigenvalue weighted by Crippen LogP contribution is -2.62. The van der Waals surface area contributed by atoms with Gasteiger partial charge in [-0.25, -0.2) is 8.61 Å². The predicted octanol–water partition coefficient (Wildman–Crippen LogP) is 2.52. The molecule has 0 N–H and O–H groups in total. The van der Waals surface area contributed by atoms with E-state index in [9.17, 15) is 22.8 Å². The molecule has 0 saturated carbocycles. The van der Waals surface area contributed by atoms with Crippen molar-refractivity contribution in [2.24, 2.45) is 10.2 Å². The van der Waals surface area contributed by atoms with Gasteiger partial charge in [-0.3, -0.25) is 14.4 Å². The second kappa shape index (κ2) is 10.4. The van der Waals surface area contributed by atoms with Gasteiger partial charge in [-0.15, -0.1) is 28.3 Å². The summed E-state index contributed by atoms with van der Waals surface area (Å²) in [4.78, 5) is 40.7. The van der Waals surface area contributed by atoms with Crippen molar-refractivity contribution in [2.75, 3.05) is 37.9 Å². The van der Waals surface area contributed by atoms with E-state index in [1.54, 1.807) is 4.90 Å². The highest BCUT2D eigenvalue weighted by Gasteiger charge is 2.50. The third-order valence-electron chi connectivity index (χ3n) is 5.35. The Labute approximate surface area is 212 Å². The lowest BCUT2D eigenvalue weighted by molar-refractivity contribution is -0.140. The van der Waals surface area contributed by atoms with E-state index < -0.39 is 33.5 Å². The van der Waals surface area contributed by atoms with E-state index in [1.165, 1.54) is 0 Å². The molecule has 188 valence electrons. The van der Waals surface area contributed by atoms with Crippen LogP contribution in [0.4, 0.5) is 5.00 Å². The van der Waals surface area contributed by atoms with Crippen LogP contribution in [-0.4, -0.2) is 88.0 Å². The molecule has 2 saturated heterocycles. The molecule has 15 heteroatoms. The molecule has 0 unspecified atom stereocenters. The average Bonchev–Trinajstić information content (AvgIpc) is 3.44. The van der Waals surface area contributed by atoms with Crippen molar-refractivity contribution in [3.05, 3.63) is 11.3 Å². The van der Waals surface area contributed by atoms with Gasteiger partial charge in [0.1, 0.15) is 5.56 Å². The van der Waals surface area contributed by atoms with Gasteiger partial charge in [-0.2, -0.15) is 17.9 Å². The summed E-state index contributed by atoms with van der Waals surface area (Å²) in [7, 11) is -4.42. The van der Waals surface area contributed by atoms with Crippen LogP contribution in [-0.2, 0) is 25.2 Å². The van der Waals surface area contributed by atoms with E-state index in [2.05, 4.69) is 14.6 Å². The first-order chi connectivity index (χ1) is 15.9. The van der Waals surface area contributed by atoms with Gasteiger partial charge in [-0.1, -0.05) is 20.8 Å². The molecular formula is C19H26Cl2N6O5S2. The second-order valence-electron chi connectivity index (χ2n) is 8.79. The summed E-state index contributed by atoms with van der Waals surface area (Å²) in [5.74, 6) is -2.70. The van der Waals surface area contributed by atoms with E-state index in [0.29, 0.717) is 27.4 Å². The molecule has 0 aliphatic carbocycles. The number of nitrogens with zero attached hydrogens (tertiary/aromatic N) is 6. The minimum absolute atomic E-state index is 0.156. The maximum absolute atomic E-state index is 13.3. The van der Waals surface area contributed by atoms with Gasteiger partial charge >= 0.3 is 10.2 Å². The monoisotopic (exact) mass is 552 g/mol. The molecule has 0 radical (unpaired) electrons. The van der Waals surface area contributed by atoms with Crippen molar-refractivity contribution in [3.8, 4) is 0 Å². The Hall–Kier alpha value is -1.83. The third-order valence-corrected chi connectivity index (χ3v) is 8.26. The summed E-state index contributed by atoms with van der Waals surface area (Å²) in [5.41, 5.74) is 0.356. The van der Waals surface area contributed by atoms with Crippen LogP contribution in [0.2, 0.25) is 0 Å². The number of hydrogen-bond acceptors (Lipinski definition) is 9. The van der Waals surface area contributed by atoms with Gasteiger partial charge in [0.15, 0.2) is 5.00 Å². The van der Waals surface area contributed by atoms with E-state index in [4.69, 9.17) is 23.2 Å². The highest BCUT2D eigenvalue weighted by atomic mass is 35.5. The molecule has 0 atom stereocenters. The number of aromatic nitrogens is 1. The molecule has 2 aliphatic rings. The van der Waals surface area contributed by atoms with Crippen LogP contribution in [0, 0.1) is 0 Å². The Kier molecular flexibility index (Phi) is 8.21. The summed E-state index contributed by atoms with van der Waals surface area (Å²) in [6, 6.07) is -1.75.